The van der Waals surface area contributed by atoms with E-state index in [2.05, 4.69) is 31.3 Å². The van der Waals surface area contributed by atoms with Crippen molar-refractivity contribution < 1.29 is 4.79 Å². The molecule has 0 aliphatic rings. The van der Waals surface area contributed by atoms with Crippen molar-refractivity contribution >= 4 is 22.9 Å². The quantitative estimate of drug-likeness (QED) is 0.723. The van der Waals surface area contributed by atoms with E-state index in [1.165, 1.54) is 6.20 Å². The first-order valence-corrected chi connectivity index (χ1v) is 6.62. The number of hydrogen-bond donors (Lipinski definition) is 3. The first kappa shape index (κ1) is 15.2. The molecule has 1 amide bonds. The number of amides is 1. The first-order valence-electron chi connectivity index (χ1n) is 6.62. The summed E-state index contributed by atoms with van der Waals surface area (Å²) in [4.78, 5) is 11.8. The van der Waals surface area contributed by atoms with Gasteiger partial charge in [-0.05, 0) is 17.3 Å². The molecular formula is C14H15N7O. The zero-order valence-corrected chi connectivity index (χ0v) is 12.2. The number of aromatic amines is 1. The number of benzene rings is 1. The minimum atomic E-state index is -0.127. The summed E-state index contributed by atoms with van der Waals surface area (Å²) in [7, 11) is 0. The lowest BCUT2D eigenvalue weighted by molar-refractivity contribution is -0.118. The summed E-state index contributed by atoms with van der Waals surface area (Å²) in [6.07, 6.45) is 1.46. The van der Waals surface area contributed by atoms with Gasteiger partial charge in [-0.1, -0.05) is 26.0 Å². The summed E-state index contributed by atoms with van der Waals surface area (Å²) in [5.41, 5.74) is 1.51. The van der Waals surface area contributed by atoms with Crippen molar-refractivity contribution in [1.29, 1.82) is 5.26 Å². The van der Waals surface area contributed by atoms with Crippen molar-refractivity contribution in [2.45, 2.75) is 13.8 Å². The second-order valence-corrected chi connectivity index (χ2v) is 4.74. The number of nitrogens with one attached hydrogen (secondary N) is 3. The smallest absolute Gasteiger partial charge is 0.226 e. The van der Waals surface area contributed by atoms with Crippen LogP contribution < -0.4 is 10.6 Å². The van der Waals surface area contributed by atoms with E-state index in [1.54, 1.807) is 12.1 Å². The zero-order chi connectivity index (χ0) is 15.9. The molecule has 112 valence electrons. The lowest BCUT2D eigenvalue weighted by Gasteiger charge is -2.12. The fourth-order valence-electron chi connectivity index (χ4n) is 1.57. The van der Waals surface area contributed by atoms with Gasteiger partial charge in [-0.15, -0.1) is 10.2 Å². The van der Waals surface area contributed by atoms with Gasteiger partial charge < -0.3 is 10.6 Å². The molecule has 1 aromatic carbocycles. The number of nitrogens with zero attached hydrogens (tertiary/aromatic N) is 4. The number of tetrazole rings is 1. The summed E-state index contributed by atoms with van der Waals surface area (Å²) >= 11 is 0. The number of allylic oxidation sites excluding steroid dienone is 1. The summed E-state index contributed by atoms with van der Waals surface area (Å²) in [6, 6.07) is 9.18. The van der Waals surface area contributed by atoms with E-state index in [9.17, 15) is 4.79 Å². The third-order valence-electron chi connectivity index (χ3n) is 2.79. The fourth-order valence-corrected chi connectivity index (χ4v) is 1.57. The van der Waals surface area contributed by atoms with Crippen LogP contribution in [0.1, 0.15) is 19.7 Å². The highest BCUT2D eigenvalue weighted by Gasteiger charge is 2.10. The van der Waals surface area contributed by atoms with Gasteiger partial charge in [0.25, 0.3) is 0 Å². The number of rotatable bonds is 5. The van der Waals surface area contributed by atoms with Gasteiger partial charge in [-0.25, -0.2) is 0 Å². The monoisotopic (exact) mass is 297 g/mol. The number of carbonyl (C=O) groups is 1. The Labute approximate surface area is 127 Å². The molecule has 0 unspecified atom stereocenters. The lowest BCUT2D eigenvalue weighted by atomic mass is 10.2. The van der Waals surface area contributed by atoms with Gasteiger partial charge in [0, 0.05) is 12.1 Å². The molecule has 2 rings (SSSR count). The van der Waals surface area contributed by atoms with Crippen LogP contribution in [-0.4, -0.2) is 26.5 Å². The average Bonchev–Trinajstić information content (AvgIpc) is 3.03. The Balaban J connectivity index is 2.20. The zero-order valence-electron chi connectivity index (χ0n) is 12.2. The number of nitriles is 1. The van der Waals surface area contributed by atoms with Crippen LogP contribution in [-0.2, 0) is 4.79 Å². The third-order valence-corrected chi connectivity index (χ3v) is 2.79. The number of aromatic nitrogens is 4. The molecule has 0 bridgehead atoms. The Hall–Kier alpha value is -3.21. The van der Waals surface area contributed by atoms with Gasteiger partial charge in [0.2, 0.25) is 11.7 Å². The molecule has 0 saturated heterocycles. The molecule has 8 heteroatoms. The summed E-state index contributed by atoms with van der Waals surface area (Å²) in [6.45, 7) is 3.63. The van der Waals surface area contributed by atoms with E-state index in [0.29, 0.717) is 11.4 Å². The van der Waals surface area contributed by atoms with Gasteiger partial charge in [-0.2, -0.15) is 10.5 Å². The van der Waals surface area contributed by atoms with Crippen molar-refractivity contribution in [3.63, 3.8) is 0 Å². The van der Waals surface area contributed by atoms with Gasteiger partial charge in [-0.3, -0.25) is 4.79 Å². The van der Waals surface area contributed by atoms with E-state index in [1.807, 2.05) is 32.0 Å². The number of para-hydroxylation sites is 2. The molecule has 0 atom stereocenters. The topological polar surface area (TPSA) is 119 Å². The number of H-pyrrole nitrogens is 1. The molecule has 0 spiro atoms. The van der Waals surface area contributed by atoms with Crippen LogP contribution in [0.4, 0.5) is 11.4 Å². The molecule has 1 aromatic heterocycles. The van der Waals surface area contributed by atoms with E-state index < -0.39 is 0 Å². The van der Waals surface area contributed by atoms with Crippen LogP contribution in [0.2, 0.25) is 0 Å². The third kappa shape index (κ3) is 3.67. The Morgan fingerprint density at radius 3 is 2.68 bits per heavy atom. The number of anilines is 2. The van der Waals surface area contributed by atoms with Gasteiger partial charge in [0.1, 0.15) is 11.6 Å². The highest BCUT2D eigenvalue weighted by atomic mass is 16.1. The van der Waals surface area contributed by atoms with Gasteiger partial charge in [0.15, 0.2) is 0 Å². The summed E-state index contributed by atoms with van der Waals surface area (Å²) < 4.78 is 0. The Bertz CT molecular complexity index is 713. The molecule has 22 heavy (non-hydrogen) atoms. The van der Waals surface area contributed by atoms with Gasteiger partial charge in [0.05, 0.1) is 11.4 Å². The molecule has 1 heterocycles. The minimum Gasteiger partial charge on any atom is -0.359 e. The van der Waals surface area contributed by atoms with Crippen LogP contribution in [0.15, 0.2) is 30.5 Å². The minimum absolute atomic E-state index is 0.0862. The van der Waals surface area contributed by atoms with Crippen LogP contribution in [0.5, 0.6) is 0 Å². The Morgan fingerprint density at radius 1 is 1.36 bits per heavy atom. The summed E-state index contributed by atoms with van der Waals surface area (Å²) in [5, 5.41) is 28.1. The van der Waals surface area contributed by atoms with Crippen molar-refractivity contribution in [3.05, 3.63) is 36.3 Å². The number of hydrogen-bond acceptors (Lipinski definition) is 6. The normalized spacial score (nSPS) is 11.1. The van der Waals surface area contributed by atoms with Crippen molar-refractivity contribution in [2.24, 2.45) is 5.92 Å². The van der Waals surface area contributed by atoms with E-state index in [4.69, 9.17) is 5.26 Å². The maximum absolute atomic E-state index is 11.8. The fraction of sp³-hybridized carbons (Fsp3) is 0.214. The molecule has 0 saturated carbocycles. The van der Waals surface area contributed by atoms with Crippen LogP contribution in [0.3, 0.4) is 0 Å². The van der Waals surface area contributed by atoms with E-state index in [0.717, 1.165) is 0 Å². The Morgan fingerprint density at radius 2 is 2.09 bits per heavy atom. The average molecular weight is 297 g/mol. The predicted octanol–water partition coefficient (Wildman–Crippen LogP) is 1.77. The molecule has 8 nitrogen and oxygen atoms in total. The van der Waals surface area contributed by atoms with E-state index >= 15 is 0 Å². The molecule has 2 aromatic rings. The SMILES string of the molecule is CC(C)C(=O)Nc1ccccc1NC=C(C#N)c1nn[nH]n1. The van der Waals surface area contributed by atoms with Crippen LogP contribution in [0, 0.1) is 17.2 Å². The van der Waals surface area contributed by atoms with E-state index in [-0.39, 0.29) is 23.2 Å². The highest BCUT2D eigenvalue weighted by Crippen LogP contribution is 2.22. The number of carbonyl (C=O) groups excluding carboxylic acids is 1. The Kier molecular flexibility index (Phi) is 4.82. The molecule has 0 aliphatic carbocycles. The predicted molar refractivity (Wildman–Crippen MR) is 81.3 cm³/mol. The maximum atomic E-state index is 11.8. The lowest BCUT2D eigenvalue weighted by Crippen LogP contribution is -2.18. The first-order chi connectivity index (χ1) is 10.6. The summed E-state index contributed by atoms with van der Waals surface area (Å²) in [5.74, 6) is -0.0202. The molecule has 3 N–H and O–H groups in total. The van der Waals surface area contributed by atoms with Gasteiger partial charge >= 0.3 is 0 Å². The highest BCUT2D eigenvalue weighted by molar-refractivity contribution is 5.95. The van der Waals surface area contributed by atoms with Crippen LogP contribution in [0.25, 0.3) is 5.57 Å². The molecule has 0 fully saturated rings. The van der Waals surface area contributed by atoms with Crippen LogP contribution >= 0.6 is 0 Å². The molecule has 0 radical (unpaired) electrons. The van der Waals surface area contributed by atoms with Crippen molar-refractivity contribution in [2.75, 3.05) is 10.6 Å². The van der Waals surface area contributed by atoms with Crippen molar-refractivity contribution in [3.8, 4) is 6.07 Å². The standard InChI is InChI=1S/C14H15N7O/c1-9(2)14(22)17-12-6-4-3-5-11(12)16-8-10(7-15)13-18-20-21-19-13/h3-6,8-9,16H,1-2H3,(H,17,22)(H,18,19,20,21). The second kappa shape index (κ2) is 6.99. The molecule has 0 aliphatic heterocycles. The maximum Gasteiger partial charge on any atom is 0.226 e. The largest absolute Gasteiger partial charge is 0.359 e. The van der Waals surface area contributed by atoms with Crippen molar-refractivity contribution in [1.82, 2.24) is 20.6 Å². The second-order valence-electron chi connectivity index (χ2n) is 4.74. The molecular weight excluding hydrogens is 282 g/mol.